The van der Waals surface area contributed by atoms with E-state index in [-0.39, 0.29) is 41.6 Å². The highest BCUT2D eigenvalue weighted by molar-refractivity contribution is 5.99. The van der Waals surface area contributed by atoms with Crippen molar-refractivity contribution in [2.24, 2.45) is 0 Å². The Balaban J connectivity index is 1.55. The Bertz CT molecular complexity index is 1450. The van der Waals surface area contributed by atoms with Gasteiger partial charge in [-0.1, -0.05) is 36.4 Å². The number of pyridine rings is 1. The Hall–Kier alpha value is -4.21. The van der Waals surface area contributed by atoms with Crippen molar-refractivity contribution in [2.45, 2.75) is 44.5 Å². The van der Waals surface area contributed by atoms with E-state index in [9.17, 15) is 23.2 Å². The smallest absolute Gasteiger partial charge is 0.278 e. The van der Waals surface area contributed by atoms with E-state index < -0.39 is 28.6 Å². The van der Waals surface area contributed by atoms with Gasteiger partial charge >= 0.3 is 0 Å². The summed E-state index contributed by atoms with van der Waals surface area (Å²) in [5, 5.41) is 4.41. The molecule has 1 N–H and O–H groups in total. The molecule has 2 amide bonds. The molecule has 1 fully saturated rings. The van der Waals surface area contributed by atoms with Gasteiger partial charge in [-0.3, -0.25) is 24.1 Å². The monoisotopic (exact) mass is 522 g/mol. The second-order valence-corrected chi connectivity index (χ2v) is 9.66. The van der Waals surface area contributed by atoms with Crippen LogP contribution < -0.4 is 20.5 Å². The predicted molar refractivity (Wildman–Crippen MR) is 136 cm³/mol. The summed E-state index contributed by atoms with van der Waals surface area (Å²) >= 11 is 0. The van der Waals surface area contributed by atoms with Crippen LogP contribution in [0.4, 0.5) is 8.78 Å². The molecule has 1 saturated carbocycles. The summed E-state index contributed by atoms with van der Waals surface area (Å²) in [5.74, 6) is -2.91. The zero-order chi connectivity index (χ0) is 27.0. The number of ether oxygens (including phenoxy) is 1. The molecular formula is C28H28F2N4O4. The molecule has 3 aromatic rings. The molecule has 0 unspecified atom stereocenters. The molecule has 0 radical (unpaired) electrons. The fraction of sp³-hybridized carbons (Fsp3) is 0.321. The SMILES string of the molecule is CN1C(=O)c2c(OCc3ccccc3)c(=O)c(C(=O)NCc3ccc(F)cc3F)cn2N(C)C12CCCC2. The minimum atomic E-state index is -0.809. The van der Waals surface area contributed by atoms with Crippen LogP contribution in [-0.4, -0.2) is 41.1 Å². The number of aromatic nitrogens is 1. The van der Waals surface area contributed by atoms with Gasteiger partial charge in [0.2, 0.25) is 5.43 Å². The largest absolute Gasteiger partial charge is 0.482 e. The Morgan fingerprint density at radius 3 is 2.45 bits per heavy atom. The van der Waals surface area contributed by atoms with Gasteiger partial charge in [-0.2, -0.15) is 0 Å². The van der Waals surface area contributed by atoms with Crippen molar-refractivity contribution < 1.29 is 23.1 Å². The molecule has 1 aromatic heterocycles. The van der Waals surface area contributed by atoms with Crippen LogP contribution in [0.5, 0.6) is 5.75 Å². The molecule has 0 saturated heterocycles. The molecule has 38 heavy (non-hydrogen) atoms. The summed E-state index contributed by atoms with van der Waals surface area (Å²) in [4.78, 5) is 42.1. The second-order valence-electron chi connectivity index (χ2n) is 9.66. The number of nitrogens with one attached hydrogen (secondary N) is 1. The topological polar surface area (TPSA) is 83.9 Å². The van der Waals surface area contributed by atoms with Gasteiger partial charge in [0.1, 0.15) is 29.5 Å². The number of nitrogens with zero attached hydrogens (tertiary/aromatic N) is 3. The first-order valence-corrected chi connectivity index (χ1v) is 12.4. The van der Waals surface area contributed by atoms with Crippen LogP contribution in [0.2, 0.25) is 0 Å². The number of amides is 2. The average Bonchev–Trinajstić information content (AvgIpc) is 3.41. The summed E-state index contributed by atoms with van der Waals surface area (Å²) in [6, 6.07) is 12.2. The van der Waals surface area contributed by atoms with Gasteiger partial charge in [0, 0.05) is 38.5 Å². The number of hydrogen-bond acceptors (Lipinski definition) is 5. The fourth-order valence-electron chi connectivity index (χ4n) is 5.34. The lowest BCUT2D eigenvalue weighted by molar-refractivity contribution is 0.0400. The van der Waals surface area contributed by atoms with Crippen LogP contribution in [0, 0.1) is 11.6 Å². The number of carbonyl (C=O) groups excluding carboxylic acids is 2. The van der Waals surface area contributed by atoms with Crippen LogP contribution in [0.15, 0.2) is 59.5 Å². The number of hydrogen-bond donors (Lipinski definition) is 1. The number of halogens is 2. The van der Waals surface area contributed by atoms with Crippen molar-refractivity contribution in [2.75, 3.05) is 19.1 Å². The first kappa shape index (κ1) is 25.4. The second kappa shape index (κ2) is 9.92. The zero-order valence-electron chi connectivity index (χ0n) is 21.2. The minimum absolute atomic E-state index is 0.0147. The quantitative estimate of drug-likeness (QED) is 0.535. The molecule has 2 aliphatic rings. The number of carbonyl (C=O) groups is 2. The Morgan fingerprint density at radius 2 is 1.76 bits per heavy atom. The molecule has 8 nitrogen and oxygen atoms in total. The van der Waals surface area contributed by atoms with E-state index in [0.29, 0.717) is 0 Å². The summed E-state index contributed by atoms with van der Waals surface area (Å²) in [6.07, 6.45) is 4.69. The standard InChI is InChI=1S/C28H28F2N4O4/c1-32-27(37)23-25(38-17-18-8-4-3-5-9-18)24(35)21(16-34(23)33(2)28(32)12-6-7-13-28)26(36)31-15-19-10-11-20(29)14-22(19)30/h3-5,8-11,14,16H,6-7,12-13,15,17H2,1-2H3,(H,31,36). The van der Waals surface area contributed by atoms with E-state index in [2.05, 4.69) is 5.32 Å². The van der Waals surface area contributed by atoms with E-state index in [0.717, 1.165) is 43.4 Å². The van der Waals surface area contributed by atoms with Gasteiger partial charge in [-0.05, 0) is 37.3 Å². The minimum Gasteiger partial charge on any atom is -0.482 e. The molecule has 2 heterocycles. The van der Waals surface area contributed by atoms with E-state index >= 15 is 0 Å². The molecule has 1 aliphatic heterocycles. The zero-order valence-corrected chi connectivity index (χ0v) is 21.2. The maximum Gasteiger partial charge on any atom is 0.278 e. The van der Waals surface area contributed by atoms with Gasteiger partial charge in [0.15, 0.2) is 11.4 Å². The fourth-order valence-corrected chi connectivity index (χ4v) is 5.34. The molecule has 198 valence electrons. The molecular weight excluding hydrogens is 494 g/mol. The van der Waals surface area contributed by atoms with E-state index in [4.69, 9.17) is 4.74 Å². The van der Waals surface area contributed by atoms with Gasteiger partial charge in [0.05, 0.1) is 0 Å². The van der Waals surface area contributed by atoms with Gasteiger partial charge in [0.25, 0.3) is 11.8 Å². The molecule has 1 aliphatic carbocycles. The summed E-state index contributed by atoms with van der Waals surface area (Å²) in [5.41, 5.74) is -0.712. The van der Waals surface area contributed by atoms with Crippen LogP contribution in [0.3, 0.4) is 0 Å². The van der Waals surface area contributed by atoms with Crippen LogP contribution in [0.1, 0.15) is 57.7 Å². The average molecular weight is 523 g/mol. The van der Waals surface area contributed by atoms with E-state index in [1.807, 2.05) is 42.4 Å². The number of fused-ring (bicyclic) bond motifs is 1. The molecule has 1 spiro atoms. The molecule has 5 rings (SSSR count). The lowest BCUT2D eigenvalue weighted by Crippen LogP contribution is -2.67. The summed E-state index contributed by atoms with van der Waals surface area (Å²) in [7, 11) is 3.54. The Kier molecular flexibility index (Phi) is 6.64. The molecule has 0 atom stereocenters. The highest BCUT2D eigenvalue weighted by atomic mass is 19.1. The first-order chi connectivity index (χ1) is 18.2. The maximum absolute atomic E-state index is 14.1. The maximum atomic E-state index is 14.1. The Labute approximate surface area is 218 Å². The van der Waals surface area contributed by atoms with Crippen molar-refractivity contribution in [3.63, 3.8) is 0 Å². The molecule has 10 heteroatoms. The van der Waals surface area contributed by atoms with Gasteiger partial charge < -0.3 is 15.0 Å². The van der Waals surface area contributed by atoms with E-state index in [1.165, 1.54) is 16.9 Å². The van der Waals surface area contributed by atoms with Crippen molar-refractivity contribution in [3.8, 4) is 5.75 Å². The summed E-state index contributed by atoms with van der Waals surface area (Å²) in [6.45, 7) is -0.241. The predicted octanol–water partition coefficient (Wildman–Crippen LogP) is 3.56. The third-order valence-corrected chi connectivity index (χ3v) is 7.53. The third kappa shape index (κ3) is 4.29. The van der Waals surface area contributed by atoms with Crippen LogP contribution in [-0.2, 0) is 13.2 Å². The third-order valence-electron chi connectivity index (χ3n) is 7.53. The highest BCUT2D eigenvalue weighted by Crippen LogP contribution is 2.40. The highest BCUT2D eigenvalue weighted by Gasteiger charge is 2.50. The summed E-state index contributed by atoms with van der Waals surface area (Å²) < 4.78 is 34.8. The van der Waals surface area contributed by atoms with Crippen molar-refractivity contribution in [3.05, 3.63) is 99.0 Å². The van der Waals surface area contributed by atoms with Gasteiger partial charge in [-0.25, -0.2) is 8.78 Å². The van der Waals surface area contributed by atoms with Crippen molar-refractivity contribution in [1.82, 2.24) is 14.9 Å². The lowest BCUT2D eigenvalue weighted by atomic mass is 10.0. The molecule has 2 aromatic carbocycles. The van der Waals surface area contributed by atoms with Gasteiger partial charge in [-0.15, -0.1) is 0 Å². The first-order valence-electron chi connectivity index (χ1n) is 12.4. The van der Waals surface area contributed by atoms with Crippen molar-refractivity contribution >= 4 is 11.8 Å². The number of rotatable bonds is 6. The van der Waals surface area contributed by atoms with Crippen LogP contribution >= 0.6 is 0 Å². The molecule has 0 bridgehead atoms. The Morgan fingerprint density at radius 1 is 1.05 bits per heavy atom. The van der Waals surface area contributed by atoms with Crippen molar-refractivity contribution in [1.29, 1.82) is 0 Å². The van der Waals surface area contributed by atoms with Crippen LogP contribution in [0.25, 0.3) is 0 Å². The number of benzene rings is 2. The van der Waals surface area contributed by atoms with E-state index in [1.54, 1.807) is 11.9 Å². The lowest BCUT2D eigenvalue weighted by Gasteiger charge is -2.51. The normalized spacial score (nSPS) is 16.1.